The third kappa shape index (κ3) is 24.9. The van der Waals surface area contributed by atoms with E-state index in [0.717, 1.165) is 31.3 Å². The predicted molar refractivity (Wildman–Crippen MR) is 92.3 cm³/mol. The highest BCUT2D eigenvalue weighted by molar-refractivity contribution is 5.90. The van der Waals surface area contributed by atoms with E-state index in [2.05, 4.69) is 18.2 Å². The number of carboxylic acids is 1. The minimum absolute atomic E-state index is 0.329. The lowest BCUT2D eigenvalue weighted by Gasteiger charge is -2.02. The van der Waals surface area contributed by atoms with Gasteiger partial charge in [0, 0.05) is 19.1 Å². The summed E-state index contributed by atoms with van der Waals surface area (Å²) in [5, 5.41) is 8.30. The second-order valence-corrected chi connectivity index (χ2v) is 5.09. The molecule has 0 saturated carbocycles. The summed E-state index contributed by atoms with van der Waals surface area (Å²) in [4.78, 5) is 30.9. The Morgan fingerprint density at radius 2 is 1.50 bits per heavy atom. The summed E-state index contributed by atoms with van der Waals surface area (Å²) in [6, 6.07) is 0. The van der Waals surface area contributed by atoms with Gasteiger partial charge in [-0.15, -0.1) is 0 Å². The number of hydrogen-bond acceptors (Lipinski definition) is 5. The summed E-state index contributed by atoms with van der Waals surface area (Å²) in [6.07, 6.45) is 12.3. The van der Waals surface area contributed by atoms with Crippen LogP contribution in [0.1, 0.15) is 65.2 Å². The zero-order valence-electron chi connectivity index (χ0n) is 14.8. The number of unbranched alkanes of at least 4 members (excludes halogenated alkanes) is 7. The number of hydrogen-bond donors (Lipinski definition) is 1. The van der Waals surface area contributed by atoms with Crippen molar-refractivity contribution in [3.05, 3.63) is 25.0 Å². The fourth-order valence-electron chi connectivity index (χ4n) is 1.71. The smallest absolute Gasteiger partial charge is 0.331 e. The maximum atomic E-state index is 11.0. The molecule has 0 aromatic carbocycles. The highest BCUT2D eigenvalue weighted by Gasteiger charge is 1.98. The lowest BCUT2D eigenvalue weighted by Crippen LogP contribution is -2.03. The molecule has 0 amide bonds. The Bertz CT molecular complexity index is 387. The van der Waals surface area contributed by atoms with E-state index in [1.807, 2.05) is 0 Å². The Morgan fingerprint density at radius 3 is 1.92 bits per heavy atom. The van der Waals surface area contributed by atoms with Crippen molar-refractivity contribution in [1.29, 1.82) is 0 Å². The van der Waals surface area contributed by atoms with Crippen molar-refractivity contribution in [1.82, 2.24) is 0 Å². The Hall–Kier alpha value is -2.11. The fraction of sp³-hybridized carbons (Fsp3) is 0.611. The van der Waals surface area contributed by atoms with Gasteiger partial charge >= 0.3 is 17.9 Å². The molecule has 0 aromatic heterocycles. The first-order valence-electron chi connectivity index (χ1n) is 8.29. The lowest BCUT2D eigenvalue weighted by molar-refractivity contribution is -0.139. The van der Waals surface area contributed by atoms with Crippen molar-refractivity contribution in [2.45, 2.75) is 65.2 Å². The molecule has 0 rings (SSSR count). The molecular weight excluding hydrogens is 312 g/mol. The van der Waals surface area contributed by atoms with Crippen LogP contribution in [0.2, 0.25) is 0 Å². The van der Waals surface area contributed by atoms with Crippen LogP contribution in [0.5, 0.6) is 0 Å². The van der Waals surface area contributed by atoms with E-state index >= 15 is 0 Å². The van der Waals surface area contributed by atoms with Crippen molar-refractivity contribution >= 4 is 17.9 Å². The topological polar surface area (TPSA) is 89.9 Å². The highest BCUT2D eigenvalue weighted by atomic mass is 16.5. The Labute approximate surface area is 144 Å². The molecule has 0 bridgehead atoms. The van der Waals surface area contributed by atoms with Gasteiger partial charge in [-0.1, -0.05) is 58.4 Å². The zero-order valence-corrected chi connectivity index (χ0v) is 14.8. The molecule has 0 saturated heterocycles. The molecule has 0 radical (unpaired) electrons. The van der Waals surface area contributed by atoms with Gasteiger partial charge in [-0.2, -0.15) is 0 Å². The molecule has 6 nitrogen and oxygen atoms in total. The van der Waals surface area contributed by atoms with Gasteiger partial charge in [-0.3, -0.25) is 4.79 Å². The number of carbonyl (C=O) groups is 3. The zero-order chi connectivity index (χ0) is 18.6. The van der Waals surface area contributed by atoms with E-state index in [4.69, 9.17) is 9.84 Å². The van der Waals surface area contributed by atoms with Gasteiger partial charge in [0.05, 0.1) is 12.9 Å². The van der Waals surface area contributed by atoms with Crippen molar-refractivity contribution in [2.75, 3.05) is 6.61 Å². The maximum absolute atomic E-state index is 11.0. The fourth-order valence-corrected chi connectivity index (χ4v) is 1.71. The number of carbonyl (C=O) groups excluding carboxylic acids is 2. The summed E-state index contributed by atoms with van der Waals surface area (Å²) in [7, 11) is 0. The predicted octanol–water partition coefficient (Wildman–Crippen LogP) is 4.00. The van der Waals surface area contributed by atoms with Gasteiger partial charge in [-0.25, -0.2) is 9.59 Å². The van der Waals surface area contributed by atoms with E-state index in [-0.39, 0.29) is 5.97 Å². The first kappa shape index (κ1) is 24.1. The van der Waals surface area contributed by atoms with Crippen molar-refractivity contribution < 1.29 is 29.0 Å². The molecule has 0 aliphatic carbocycles. The first-order valence-corrected chi connectivity index (χ1v) is 8.29. The number of carboxylic acid groups (broad SMARTS) is 1. The second kappa shape index (κ2) is 18.9. The lowest BCUT2D eigenvalue weighted by atomic mass is 10.1. The van der Waals surface area contributed by atoms with Crippen LogP contribution in [0.25, 0.3) is 0 Å². The van der Waals surface area contributed by atoms with E-state index in [1.165, 1.54) is 45.4 Å². The summed E-state index contributed by atoms with van der Waals surface area (Å²) in [5.74, 6) is -2.05. The molecule has 0 atom stereocenters. The average Bonchev–Trinajstić information content (AvgIpc) is 2.52. The molecule has 0 spiro atoms. The summed E-state index contributed by atoms with van der Waals surface area (Å²) in [6.45, 7) is 7.05. The quantitative estimate of drug-likeness (QED) is 0.249. The minimum atomic E-state index is -1.14. The third-order valence-corrected chi connectivity index (χ3v) is 2.85. The standard InChI is InChI=1S/C14H24O4.C4H6O2/c1-2-3-4-5-6-7-8-9-12-18-14(17)11-10-13(15)16;1-3-6-4(2)5/h10-11H,2-9,12H2,1H3,(H,15,16);3H,1H2,2H3/b11-10+;. The van der Waals surface area contributed by atoms with E-state index in [9.17, 15) is 14.4 Å². The molecular formula is C18H30O6. The second-order valence-electron chi connectivity index (χ2n) is 5.09. The maximum Gasteiger partial charge on any atom is 0.331 e. The van der Waals surface area contributed by atoms with Crippen LogP contribution in [0.4, 0.5) is 0 Å². The summed E-state index contributed by atoms with van der Waals surface area (Å²) in [5.41, 5.74) is 0. The SMILES string of the molecule is C=COC(C)=O.CCCCCCCCCCOC(=O)/C=C/C(=O)O. The van der Waals surface area contributed by atoms with Crippen molar-refractivity contribution in [3.8, 4) is 0 Å². The van der Waals surface area contributed by atoms with Crippen LogP contribution in [0.15, 0.2) is 25.0 Å². The molecule has 6 heteroatoms. The normalized spacial score (nSPS) is 9.75. The molecule has 0 unspecified atom stereocenters. The highest BCUT2D eigenvalue weighted by Crippen LogP contribution is 2.08. The number of aliphatic carboxylic acids is 1. The third-order valence-electron chi connectivity index (χ3n) is 2.85. The van der Waals surface area contributed by atoms with Gasteiger partial charge < -0.3 is 14.6 Å². The average molecular weight is 342 g/mol. The molecule has 24 heavy (non-hydrogen) atoms. The number of esters is 2. The van der Waals surface area contributed by atoms with Crippen molar-refractivity contribution in [2.24, 2.45) is 0 Å². The molecule has 0 heterocycles. The first-order chi connectivity index (χ1) is 11.4. The van der Waals surface area contributed by atoms with Gasteiger partial charge in [0.15, 0.2) is 0 Å². The Balaban J connectivity index is 0. The van der Waals surface area contributed by atoms with Crippen LogP contribution in [0, 0.1) is 0 Å². The monoisotopic (exact) mass is 342 g/mol. The minimum Gasteiger partial charge on any atom is -0.478 e. The Kier molecular flexibility index (Phi) is 19.1. The van der Waals surface area contributed by atoms with E-state index in [0.29, 0.717) is 6.61 Å². The largest absolute Gasteiger partial charge is 0.478 e. The van der Waals surface area contributed by atoms with Gasteiger partial charge in [0.2, 0.25) is 0 Å². The molecule has 1 N–H and O–H groups in total. The molecule has 0 aliphatic rings. The van der Waals surface area contributed by atoms with Crippen LogP contribution in [0.3, 0.4) is 0 Å². The van der Waals surface area contributed by atoms with E-state index < -0.39 is 11.9 Å². The van der Waals surface area contributed by atoms with E-state index in [1.54, 1.807) is 0 Å². The number of ether oxygens (including phenoxy) is 2. The van der Waals surface area contributed by atoms with Crippen molar-refractivity contribution in [3.63, 3.8) is 0 Å². The van der Waals surface area contributed by atoms with Gasteiger partial charge in [0.25, 0.3) is 0 Å². The van der Waals surface area contributed by atoms with Crippen LogP contribution in [-0.4, -0.2) is 29.6 Å². The van der Waals surface area contributed by atoms with Crippen LogP contribution >= 0.6 is 0 Å². The molecule has 0 aliphatic heterocycles. The molecule has 0 fully saturated rings. The van der Waals surface area contributed by atoms with Gasteiger partial charge in [0.1, 0.15) is 0 Å². The van der Waals surface area contributed by atoms with Gasteiger partial charge in [-0.05, 0) is 6.42 Å². The molecule has 0 aromatic rings. The van der Waals surface area contributed by atoms with Crippen LogP contribution < -0.4 is 0 Å². The Morgan fingerprint density at radius 1 is 0.958 bits per heavy atom. The van der Waals surface area contributed by atoms with Crippen LogP contribution in [-0.2, 0) is 23.9 Å². The number of rotatable bonds is 12. The summed E-state index contributed by atoms with van der Waals surface area (Å²) < 4.78 is 9.02. The summed E-state index contributed by atoms with van der Waals surface area (Å²) >= 11 is 0. The molecule has 138 valence electrons.